The van der Waals surface area contributed by atoms with Crippen LogP contribution in [0.25, 0.3) is 11.0 Å². The maximum atomic E-state index is 10.7. The first-order chi connectivity index (χ1) is 13.8. The Bertz CT molecular complexity index is 924. The van der Waals surface area contributed by atoms with Gasteiger partial charge in [0.05, 0.1) is 43.0 Å². The van der Waals surface area contributed by atoms with E-state index in [-0.39, 0.29) is 19.3 Å². The lowest BCUT2D eigenvalue weighted by Crippen LogP contribution is -2.25. The van der Waals surface area contributed by atoms with E-state index in [1.807, 2.05) is 34.9 Å². The number of aliphatic hydroxyl groups is 2. The molecule has 148 valence electrons. The van der Waals surface area contributed by atoms with Crippen LogP contribution in [-0.4, -0.2) is 45.6 Å². The predicted octanol–water partition coefficient (Wildman–Crippen LogP) is 2.90. The minimum Gasteiger partial charge on any atom is -0.395 e. The van der Waals surface area contributed by atoms with Gasteiger partial charge < -0.3 is 24.8 Å². The molecule has 1 heterocycles. The maximum absolute atomic E-state index is 10.7. The fraction of sp³-hybridized carbons (Fsp3) is 0.409. The third kappa shape index (κ3) is 4.04. The number of hydrogen-bond donors (Lipinski definition) is 3. The van der Waals surface area contributed by atoms with Crippen LogP contribution in [0, 0.1) is 0 Å². The zero-order valence-electron chi connectivity index (χ0n) is 15.9. The summed E-state index contributed by atoms with van der Waals surface area (Å²) in [6, 6.07) is 16.2. The highest BCUT2D eigenvalue weighted by molar-refractivity contribution is 5.78. The molecule has 4 rings (SSSR count). The Hall–Kier alpha value is -2.41. The van der Waals surface area contributed by atoms with E-state index in [1.54, 1.807) is 0 Å². The first-order valence-electron chi connectivity index (χ1n) is 9.93. The Labute approximate surface area is 164 Å². The van der Waals surface area contributed by atoms with Gasteiger partial charge in [-0.15, -0.1) is 0 Å². The van der Waals surface area contributed by atoms with Crippen LogP contribution in [0.3, 0.4) is 0 Å². The summed E-state index contributed by atoms with van der Waals surface area (Å²) < 4.78 is 8.06. The van der Waals surface area contributed by atoms with Crippen LogP contribution in [0.5, 0.6) is 0 Å². The Morgan fingerprint density at radius 2 is 2.00 bits per heavy atom. The number of para-hydroxylation sites is 2. The number of nitrogens with one attached hydrogen (secondary N) is 1. The fourth-order valence-corrected chi connectivity index (χ4v) is 3.94. The van der Waals surface area contributed by atoms with E-state index in [0.717, 1.165) is 30.3 Å². The zero-order chi connectivity index (χ0) is 19.3. The normalized spacial score (nSPS) is 17.4. The molecular formula is C22H27N3O3. The van der Waals surface area contributed by atoms with Crippen molar-refractivity contribution in [3.63, 3.8) is 0 Å². The van der Waals surface area contributed by atoms with Crippen molar-refractivity contribution < 1.29 is 14.9 Å². The number of imidazole rings is 1. The molecule has 0 saturated heterocycles. The predicted molar refractivity (Wildman–Crippen MR) is 109 cm³/mol. The molecule has 0 aliphatic heterocycles. The minimum absolute atomic E-state index is 0.0238. The summed E-state index contributed by atoms with van der Waals surface area (Å²) in [5.74, 6) is 0.650. The van der Waals surface area contributed by atoms with Crippen molar-refractivity contribution in [3.8, 4) is 0 Å². The number of fused-ring (bicyclic) bond motifs is 2. The highest BCUT2D eigenvalue weighted by atomic mass is 16.5. The van der Waals surface area contributed by atoms with Crippen molar-refractivity contribution in [1.82, 2.24) is 9.55 Å². The van der Waals surface area contributed by atoms with Gasteiger partial charge in [-0.3, -0.25) is 0 Å². The molecule has 0 unspecified atom stereocenters. The number of hydrogen-bond acceptors (Lipinski definition) is 5. The number of ether oxygens (including phenoxy) is 1. The molecule has 1 aliphatic rings. The second kappa shape index (κ2) is 8.73. The van der Waals surface area contributed by atoms with Gasteiger partial charge in [-0.25, -0.2) is 4.98 Å². The average Bonchev–Trinajstić information content (AvgIpc) is 3.08. The van der Waals surface area contributed by atoms with Crippen LogP contribution in [0.4, 0.5) is 5.95 Å². The molecule has 3 aromatic rings. The van der Waals surface area contributed by atoms with E-state index in [0.29, 0.717) is 19.0 Å². The summed E-state index contributed by atoms with van der Waals surface area (Å²) in [6.07, 6.45) is 2.59. The molecule has 0 bridgehead atoms. The van der Waals surface area contributed by atoms with Crippen molar-refractivity contribution in [2.75, 3.05) is 25.1 Å². The molecule has 1 aliphatic carbocycles. The topological polar surface area (TPSA) is 79.5 Å². The first kappa shape index (κ1) is 18.9. The zero-order valence-corrected chi connectivity index (χ0v) is 15.9. The molecule has 28 heavy (non-hydrogen) atoms. The van der Waals surface area contributed by atoms with Crippen molar-refractivity contribution in [2.45, 2.75) is 38.0 Å². The number of rotatable bonds is 8. The lowest BCUT2D eigenvalue weighted by Gasteiger charge is -2.26. The number of anilines is 1. The molecule has 2 aromatic carbocycles. The third-order valence-electron chi connectivity index (χ3n) is 5.25. The number of aryl methyl sites for hydroxylation is 1. The van der Waals surface area contributed by atoms with Gasteiger partial charge in [-0.2, -0.15) is 0 Å². The molecule has 6 nitrogen and oxygen atoms in total. The SMILES string of the molecule is OCCNc1nc2ccccc2n1C[C@H](O)CO[C@H]1CCCc2ccccc21. The van der Waals surface area contributed by atoms with Crippen LogP contribution >= 0.6 is 0 Å². The van der Waals surface area contributed by atoms with Crippen LogP contribution in [-0.2, 0) is 17.7 Å². The standard InChI is InChI=1S/C22H27N3O3/c26-13-12-23-22-24-19-9-3-4-10-20(19)25(22)14-17(27)15-28-21-11-5-7-16-6-1-2-8-18(16)21/h1-4,6,8-10,17,21,26-27H,5,7,11-15H2,(H,23,24)/t17-,21-/m0/s1. The Kier molecular flexibility index (Phi) is 5.90. The van der Waals surface area contributed by atoms with Gasteiger partial charge in [0.2, 0.25) is 5.95 Å². The monoisotopic (exact) mass is 381 g/mol. The first-order valence-corrected chi connectivity index (χ1v) is 9.93. The fourth-order valence-electron chi connectivity index (χ4n) is 3.94. The molecule has 0 saturated carbocycles. The summed E-state index contributed by atoms with van der Waals surface area (Å²) in [6.45, 7) is 1.08. The van der Waals surface area contributed by atoms with E-state index in [4.69, 9.17) is 9.84 Å². The Morgan fingerprint density at radius 3 is 2.89 bits per heavy atom. The summed E-state index contributed by atoms with van der Waals surface area (Å²) in [7, 11) is 0. The summed E-state index contributed by atoms with van der Waals surface area (Å²) in [5.41, 5.74) is 4.41. The van der Waals surface area contributed by atoms with E-state index in [1.165, 1.54) is 11.1 Å². The molecule has 0 radical (unpaired) electrons. The van der Waals surface area contributed by atoms with Crippen LogP contribution in [0.15, 0.2) is 48.5 Å². The van der Waals surface area contributed by atoms with Crippen molar-refractivity contribution in [2.24, 2.45) is 0 Å². The van der Waals surface area contributed by atoms with Gasteiger partial charge in [0.1, 0.15) is 0 Å². The maximum Gasteiger partial charge on any atom is 0.204 e. The van der Waals surface area contributed by atoms with Crippen LogP contribution < -0.4 is 5.32 Å². The van der Waals surface area contributed by atoms with Gasteiger partial charge in [0, 0.05) is 6.54 Å². The number of benzene rings is 2. The molecule has 2 atom stereocenters. The van der Waals surface area contributed by atoms with Crippen molar-refractivity contribution in [1.29, 1.82) is 0 Å². The molecular weight excluding hydrogens is 354 g/mol. The number of aliphatic hydroxyl groups excluding tert-OH is 2. The molecule has 0 fully saturated rings. The minimum atomic E-state index is -0.652. The summed E-state index contributed by atoms with van der Waals surface area (Å²) >= 11 is 0. The van der Waals surface area contributed by atoms with E-state index in [9.17, 15) is 5.11 Å². The van der Waals surface area contributed by atoms with E-state index in [2.05, 4.69) is 28.5 Å². The summed E-state index contributed by atoms with van der Waals surface area (Å²) in [5, 5.41) is 22.9. The molecule has 0 amide bonds. The average molecular weight is 381 g/mol. The molecule has 0 spiro atoms. The summed E-state index contributed by atoms with van der Waals surface area (Å²) in [4.78, 5) is 4.57. The van der Waals surface area contributed by atoms with Crippen molar-refractivity contribution in [3.05, 3.63) is 59.7 Å². The Balaban J connectivity index is 1.45. The lowest BCUT2D eigenvalue weighted by molar-refractivity contribution is -0.0220. The van der Waals surface area contributed by atoms with Crippen LogP contribution in [0.1, 0.15) is 30.1 Å². The Morgan fingerprint density at radius 1 is 1.18 bits per heavy atom. The van der Waals surface area contributed by atoms with Gasteiger partial charge in [-0.05, 0) is 42.5 Å². The number of nitrogens with zero attached hydrogens (tertiary/aromatic N) is 2. The molecule has 6 heteroatoms. The quantitative estimate of drug-likeness (QED) is 0.559. The van der Waals surface area contributed by atoms with E-state index >= 15 is 0 Å². The lowest BCUT2D eigenvalue weighted by atomic mass is 9.89. The third-order valence-corrected chi connectivity index (χ3v) is 5.25. The van der Waals surface area contributed by atoms with Crippen molar-refractivity contribution >= 4 is 17.0 Å². The van der Waals surface area contributed by atoms with Crippen LogP contribution in [0.2, 0.25) is 0 Å². The number of aromatic nitrogens is 2. The van der Waals surface area contributed by atoms with E-state index < -0.39 is 6.10 Å². The largest absolute Gasteiger partial charge is 0.395 e. The van der Waals surface area contributed by atoms with Gasteiger partial charge in [0.15, 0.2) is 0 Å². The second-order valence-electron chi connectivity index (χ2n) is 7.25. The molecule has 3 N–H and O–H groups in total. The second-order valence-corrected chi connectivity index (χ2v) is 7.25. The smallest absolute Gasteiger partial charge is 0.204 e. The van der Waals surface area contributed by atoms with Gasteiger partial charge in [0.25, 0.3) is 0 Å². The molecule has 1 aromatic heterocycles. The van der Waals surface area contributed by atoms with Gasteiger partial charge in [-0.1, -0.05) is 36.4 Å². The highest BCUT2D eigenvalue weighted by Crippen LogP contribution is 2.32. The van der Waals surface area contributed by atoms with Gasteiger partial charge >= 0.3 is 0 Å². The highest BCUT2D eigenvalue weighted by Gasteiger charge is 2.22.